The van der Waals surface area contributed by atoms with E-state index in [1.54, 1.807) is 14.0 Å². The van der Waals surface area contributed by atoms with Crippen LogP contribution in [0.4, 0.5) is 0 Å². The van der Waals surface area contributed by atoms with Crippen LogP contribution >= 0.6 is 0 Å². The number of rotatable bonds is 3. The Balaban J connectivity index is 2.15. The van der Waals surface area contributed by atoms with Crippen molar-refractivity contribution in [3.8, 4) is 5.75 Å². The van der Waals surface area contributed by atoms with Crippen LogP contribution in [-0.4, -0.2) is 12.9 Å². The van der Waals surface area contributed by atoms with E-state index in [9.17, 15) is 4.79 Å². The van der Waals surface area contributed by atoms with Crippen molar-refractivity contribution >= 4 is 5.78 Å². The molecule has 1 aliphatic carbocycles. The van der Waals surface area contributed by atoms with E-state index in [2.05, 4.69) is 6.07 Å². The molecule has 1 aliphatic rings. The maximum Gasteiger partial charge on any atom is 0.133 e. The zero-order chi connectivity index (χ0) is 10.1. The normalized spacial score (nSPS) is 24.4. The minimum atomic E-state index is 0.252. The SMILES string of the molecule is COc1cccc([C@H]2C[C@H]2C(C)=O)c1. The van der Waals surface area contributed by atoms with E-state index in [1.165, 1.54) is 5.56 Å². The smallest absolute Gasteiger partial charge is 0.133 e. The Bertz CT molecular complexity index is 357. The second-order valence-electron chi connectivity index (χ2n) is 3.84. The van der Waals surface area contributed by atoms with E-state index in [4.69, 9.17) is 4.74 Å². The monoisotopic (exact) mass is 190 g/mol. The van der Waals surface area contributed by atoms with Crippen LogP contribution in [0.1, 0.15) is 24.8 Å². The van der Waals surface area contributed by atoms with Crippen LogP contribution in [0.25, 0.3) is 0 Å². The van der Waals surface area contributed by atoms with Gasteiger partial charge in [0.05, 0.1) is 7.11 Å². The molecule has 74 valence electrons. The summed E-state index contributed by atoms with van der Waals surface area (Å²) in [4.78, 5) is 11.1. The minimum Gasteiger partial charge on any atom is -0.497 e. The maximum atomic E-state index is 11.1. The molecule has 2 heteroatoms. The summed E-state index contributed by atoms with van der Waals surface area (Å²) in [6.07, 6.45) is 1.00. The van der Waals surface area contributed by atoms with Gasteiger partial charge in [0, 0.05) is 5.92 Å². The number of hydrogen-bond donors (Lipinski definition) is 0. The fraction of sp³-hybridized carbons (Fsp3) is 0.417. The Kier molecular flexibility index (Phi) is 2.28. The van der Waals surface area contributed by atoms with Gasteiger partial charge in [-0.15, -0.1) is 0 Å². The van der Waals surface area contributed by atoms with Gasteiger partial charge >= 0.3 is 0 Å². The topological polar surface area (TPSA) is 26.3 Å². The average molecular weight is 190 g/mol. The lowest BCUT2D eigenvalue weighted by Gasteiger charge is -2.02. The van der Waals surface area contributed by atoms with E-state index >= 15 is 0 Å². The van der Waals surface area contributed by atoms with Gasteiger partial charge in [-0.25, -0.2) is 0 Å². The number of methoxy groups -OCH3 is 1. The van der Waals surface area contributed by atoms with Gasteiger partial charge in [-0.1, -0.05) is 12.1 Å². The fourth-order valence-corrected chi connectivity index (χ4v) is 1.88. The van der Waals surface area contributed by atoms with Crippen LogP contribution in [-0.2, 0) is 4.79 Å². The lowest BCUT2D eigenvalue weighted by Crippen LogP contribution is -1.94. The molecule has 0 aromatic heterocycles. The third-order valence-electron chi connectivity index (χ3n) is 2.83. The van der Waals surface area contributed by atoms with Crippen molar-refractivity contribution in [2.75, 3.05) is 7.11 Å². The van der Waals surface area contributed by atoms with Crippen LogP contribution in [0.2, 0.25) is 0 Å². The molecular weight excluding hydrogens is 176 g/mol. The molecule has 2 nitrogen and oxygen atoms in total. The van der Waals surface area contributed by atoms with Gasteiger partial charge in [0.15, 0.2) is 0 Å². The quantitative estimate of drug-likeness (QED) is 0.731. The van der Waals surface area contributed by atoms with E-state index in [1.807, 2.05) is 18.2 Å². The third kappa shape index (κ3) is 1.65. The number of carbonyl (C=O) groups is 1. The van der Waals surface area contributed by atoms with Gasteiger partial charge in [-0.2, -0.15) is 0 Å². The molecule has 1 saturated carbocycles. The zero-order valence-corrected chi connectivity index (χ0v) is 8.49. The molecule has 0 aliphatic heterocycles. The molecule has 1 aromatic rings. The highest BCUT2D eigenvalue weighted by molar-refractivity contribution is 5.82. The van der Waals surface area contributed by atoms with Crippen molar-refractivity contribution in [2.24, 2.45) is 5.92 Å². The van der Waals surface area contributed by atoms with Gasteiger partial charge in [0.2, 0.25) is 0 Å². The van der Waals surface area contributed by atoms with Crippen LogP contribution < -0.4 is 4.74 Å². The lowest BCUT2D eigenvalue weighted by atomic mass is 10.1. The number of Topliss-reactive ketones (excluding diaryl/α,β-unsaturated/α-hetero) is 1. The number of benzene rings is 1. The van der Waals surface area contributed by atoms with Crippen molar-refractivity contribution in [3.63, 3.8) is 0 Å². The second kappa shape index (κ2) is 3.45. The van der Waals surface area contributed by atoms with Crippen LogP contribution in [0, 0.1) is 5.92 Å². The average Bonchev–Trinajstić information content (AvgIpc) is 2.97. The van der Waals surface area contributed by atoms with Gasteiger partial charge in [0.1, 0.15) is 11.5 Å². The predicted molar refractivity (Wildman–Crippen MR) is 54.5 cm³/mol. The molecule has 2 atom stereocenters. The molecule has 0 bridgehead atoms. The highest BCUT2D eigenvalue weighted by Crippen LogP contribution is 2.48. The molecule has 0 N–H and O–H groups in total. The number of ketones is 1. The van der Waals surface area contributed by atoms with Crippen molar-refractivity contribution in [1.82, 2.24) is 0 Å². The van der Waals surface area contributed by atoms with E-state index in [0.29, 0.717) is 11.7 Å². The first-order chi connectivity index (χ1) is 6.72. The highest BCUT2D eigenvalue weighted by atomic mass is 16.5. The summed E-state index contributed by atoms with van der Waals surface area (Å²) in [6, 6.07) is 7.99. The van der Waals surface area contributed by atoms with Gasteiger partial charge in [0.25, 0.3) is 0 Å². The van der Waals surface area contributed by atoms with E-state index in [-0.39, 0.29) is 5.92 Å². The summed E-state index contributed by atoms with van der Waals surface area (Å²) in [5.41, 5.74) is 1.23. The third-order valence-corrected chi connectivity index (χ3v) is 2.83. The van der Waals surface area contributed by atoms with Crippen molar-refractivity contribution in [1.29, 1.82) is 0 Å². The first-order valence-corrected chi connectivity index (χ1v) is 4.87. The van der Waals surface area contributed by atoms with Gasteiger partial charge in [-0.05, 0) is 37.0 Å². The molecule has 0 heterocycles. The number of carbonyl (C=O) groups excluding carboxylic acids is 1. The van der Waals surface area contributed by atoms with Gasteiger partial charge in [-0.3, -0.25) is 4.79 Å². The fourth-order valence-electron chi connectivity index (χ4n) is 1.88. The van der Waals surface area contributed by atoms with Crippen molar-refractivity contribution in [3.05, 3.63) is 29.8 Å². The Hall–Kier alpha value is -1.31. The molecule has 0 spiro atoms. The molecule has 0 unspecified atom stereocenters. The van der Waals surface area contributed by atoms with Crippen LogP contribution in [0.5, 0.6) is 5.75 Å². The van der Waals surface area contributed by atoms with Crippen molar-refractivity contribution in [2.45, 2.75) is 19.3 Å². The first-order valence-electron chi connectivity index (χ1n) is 4.87. The Morgan fingerprint density at radius 1 is 1.50 bits per heavy atom. The number of hydrogen-bond acceptors (Lipinski definition) is 2. The Morgan fingerprint density at radius 2 is 2.29 bits per heavy atom. The first kappa shape index (κ1) is 9.25. The molecule has 1 fully saturated rings. The summed E-state index contributed by atoms with van der Waals surface area (Å²) >= 11 is 0. The molecule has 1 aromatic carbocycles. The molecule has 2 rings (SSSR count). The molecule has 14 heavy (non-hydrogen) atoms. The van der Waals surface area contributed by atoms with Crippen molar-refractivity contribution < 1.29 is 9.53 Å². The van der Waals surface area contributed by atoms with Gasteiger partial charge < -0.3 is 4.74 Å². The summed E-state index contributed by atoms with van der Waals surface area (Å²) in [5, 5.41) is 0. The Morgan fingerprint density at radius 3 is 2.86 bits per heavy atom. The molecule has 0 radical (unpaired) electrons. The summed E-state index contributed by atoms with van der Waals surface area (Å²) in [5.74, 6) is 1.86. The lowest BCUT2D eigenvalue weighted by molar-refractivity contribution is -0.118. The molecular formula is C12H14O2. The van der Waals surface area contributed by atoms with Crippen LogP contribution in [0.3, 0.4) is 0 Å². The van der Waals surface area contributed by atoms with Crippen LogP contribution in [0.15, 0.2) is 24.3 Å². The number of ether oxygens (including phenoxy) is 1. The zero-order valence-electron chi connectivity index (χ0n) is 8.49. The summed E-state index contributed by atoms with van der Waals surface area (Å²) in [7, 11) is 1.66. The summed E-state index contributed by atoms with van der Waals surface area (Å²) in [6.45, 7) is 1.67. The second-order valence-corrected chi connectivity index (χ2v) is 3.84. The maximum absolute atomic E-state index is 11.1. The Labute approximate surface area is 83.9 Å². The minimum absolute atomic E-state index is 0.252. The standard InChI is InChI=1S/C12H14O2/c1-8(13)11-7-12(11)9-4-3-5-10(6-9)14-2/h3-6,11-12H,7H2,1-2H3/t11-,12+/m0/s1. The summed E-state index contributed by atoms with van der Waals surface area (Å²) < 4.78 is 5.14. The largest absolute Gasteiger partial charge is 0.497 e. The molecule has 0 saturated heterocycles. The molecule has 0 amide bonds. The highest BCUT2D eigenvalue weighted by Gasteiger charge is 2.41. The predicted octanol–water partition coefficient (Wildman–Crippen LogP) is 2.39. The van der Waals surface area contributed by atoms with E-state index in [0.717, 1.165) is 12.2 Å². The van der Waals surface area contributed by atoms with E-state index < -0.39 is 0 Å².